The highest BCUT2D eigenvalue weighted by atomic mass is 15.2. The van der Waals surface area contributed by atoms with Crippen molar-refractivity contribution >= 4 is 5.96 Å². The van der Waals surface area contributed by atoms with Crippen LogP contribution in [0.5, 0.6) is 0 Å². The maximum Gasteiger partial charge on any atom is 0.191 e. The van der Waals surface area contributed by atoms with Gasteiger partial charge in [-0.25, -0.2) is 0 Å². The summed E-state index contributed by atoms with van der Waals surface area (Å²) < 4.78 is 0. The second kappa shape index (κ2) is 11.7. The summed E-state index contributed by atoms with van der Waals surface area (Å²) in [6.07, 6.45) is 5.04. The Bertz CT molecular complexity index is 340. The molecule has 142 valence electrons. The molecule has 0 aromatic rings. The summed E-state index contributed by atoms with van der Waals surface area (Å²) in [5.41, 5.74) is 0. The van der Waals surface area contributed by atoms with E-state index in [1.807, 2.05) is 7.05 Å². The molecule has 5 heteroatoms. The van der Waals surface area contributed by atoms with E-state index in [9.17, 15) is 0 Å². The summed E-state index contributed by atoms with van der Waals surface area (Å²) in [6, 6.07) is 1.84. The molecule has 0 bridgehead atoms. The molecular weight excluding hydrogens is 298 g/mol. The van der Waals surface area contributed by atoms with Gasteiger partial charge in [0, 0.05) is 44.8 Å². The summed E-state index contributed by atoms with van der Waals surface area (Å²) in [5, 5.41) is 6.98. The average molecular weight is 340 g/mol. The fraction of sp³-hybridized carbons (Fsp3) is 0.947. The lowest BCUT2D eigenvalue weighted by Crippen LogP contribution is -2.46. The van der Waals surface area contributed by atoms with Crippen molar-refractivity contribution in [3.8, 4) is 0 Å². The van der Waals surface area contributed by atoms with Gasteiger partial charge >= 0.3 is 0 Å². The van der Waals surface area contributed by atoms with Crippen LogP contribution >= 0.6 is 0 Å². The first-order valence-corrected chi connectivity index (χ1v) is 9.93. The molecule has 5 nitrogen and oxygen atoms in total. The molecule has 0 aliphatic carbocycles. The van der Waals surface area contributed by atoms with E-state index in [-0.39, 0.29) is 0 Å². The van der Waals surface area contributed by atoms with Gasteiger partial charge in [0.05, 0.1) is 0 Å². The minimum Gasteiger partial charge on any atom is -0.356 e. The molecule has 1 saturated heterocycles. The van der Waals surface area contributed by atoms with E-state index in [0.717, 1.165) is 32.0 Å². The zero-order valence-corrected chi connectivity index (χ0v) is 16.9. The van der Waals surface area contributed by atoms with Crippen LogP contribution in [0.2, 0.25) is 0 Å². The predicted octanol–water partition coefficient (Wildman–Crippen LogP) is 2.53. The lowest BCUT2D eigenvalue weighted by atomic mass is 10.2. The molecule has 1 heterocycles. The zero-order valence-electron chi connectivity index (χ0n) is 16.9. The number of rotatable bonds is 10. The van der Waals surface area contributed by atoms with Crippen molar-refractivity contribution in [2.75, 3.05) is 39.8 Å². The van der Waals surface area contributed by atoms with Crippen LogP contribution < -0.4 is 10.6 Å². The summed E-state index contributed by atoms with van der Waals surface area (Å²) in [4.78, 5) is 9.52. The summed E-state index contributed by atoms with van der Waals surface area (Å²) in [7, 11) is 1.86. The van der Waals surface area contributed by atoms with Crippen LogP contribution in [0.15, 0.2) is 4.99 Å². The topological polar surface area (TPSA) is 42.9 Å². The monoisotopic (exact) mass is 339 g/mol. The van der Waals surface area contributed by atoms with E-state index in [1.165, 1.54) is 32.4 Å². The van der Waals surface area contributed by atoms with Gasteiger partial charge < -0.3 is 10.6 Å². The second-order valence-corrected chi connectivity index (χ2v) is 7.46. The normalized spacial score (nSPS) is 18.0. The zero-order chi connectivity index (χ0) is 17.9. The molecule has 0 spiro atoms. The van der Waals surface area contributed by atoms with E-state index in [4.69, 9.17) is 0 Å². The van der Waals surface area contributed by atoms with E-state index in [1.54, 1.807) is 0 Å². The minimum atomic E-state index is 0.605. The number of nitrogens with one attached hydrogen (secondary N) is 2. The highest BCUT2D eigenvalue weighted by molar-refractivity contribution is 5.79. The van der Waals surface area contributed by atoms with Crippen LogP contribution in [0.3, 0.4) is 0 Å². The summed E-state index contributed by atoms with van der Waals surface area (Å²) in [6.45, 7) is 17.0. The molecule has 1 aliphatic rings. The Morgan fingerprint density at radius 3 is 2.21 bits per heavy atom. The first-order chi connectivity index (χ1) is 11.5. The van der Waals surface area contributed by atoms with Gasteiger partial charge in [-0.15, -0.1) is 0 Å². The molecule has 24 heavy (non-hydrogen) atoms. The molecule has 1 rings (SSSR count). The van der Waals surface area contributed by atoms with Crippen molar-refractivity contribution in [2.45, 2.75) is 78.4 Å². The number of hydrogen-bond acceptors (Lipinski definition) is 3. The van der Waals surface area contributed by atoms with Gasteiger partial charge in [0.2, 0.25) is 0 Å². The van der Waals surface area contributed by atoms with Crippen LogP contribution in [0.25, 0.3) is 0 Å². The van der Waals surface area contributed by atoms with Gasteiger partial charge in [-0.1, -0.05) is 6.92 Å². The Labute approximate surface area is 150 Å². The SMILES string of the molecule is CCC(CNC(=NC)NCCCN(C(C)C)C(C)C)N1CCCC1. The first-order valence-electron chi connectivity index (χ1n) is 9.93. The van der Waals surface area contributed by atoms with E-state index >= 15 is 0 Å². The van der Waals surface area contributed by atoms with Gasteiger partial charge in [0.1, 0.15) is 0 Å². The molecule has 1 fully saturated rings. The number of guanidine groups is 1. The largest absolute Gasteiger partial charge is 0.356 e. The van der Waals surface area contributed by atoms with E-state index in [2.05, 4.69) is 60.0 Å². The Hall–Kier alpha value is -0.810. The van der Waals surface area contributed by atoms with Crippen LogP contribution in [0.1, 0.15) is 60.3 Å². The standard InChI is InChI=1S/C19H41N5/c1-7-18(23-12-8-9-13-23)15-22-19(20-6)21-11-10-14-24(16(2)3)17(4)5/h16-18H,7-15H2,1-6H3,(H2,20,21,22). The lowest BCUT2D eigenvalue weighted by molar-refractivity contribution is 0.173. The highest BCUT2D eigenvalue weighted by Gasteiger charge is 2.20. The molecule has 1 atom stereocenters. The molecule has 0 amide bonds. The Balaban J connectivity index is 2.27. The third kappa shape index (κ3) is 7.39. The molecule has 1 aliphatic heterocycles. The third-order valence-corrected chi connectivity index (χ3v) is 5.07. The number of hydrogen-bond donors (Lipinski definition) is 2. The number of aliphatic imine (C=N–C) groups is 1. The van der Waals surface area contributed by atoms with E-state index < -0.39 is 0 Å². The predicted molar refractivity (Wildman–Crippen MR) is 106 cm³/mol. The third-order valence-electron chi connectivity index (χ3n) is 5.07. The molecule has 0 saturated carbocycles. The fourth-order valence-corrected chi connectivity index (χ4v) is 3.65. The van der Waals surface area contributed by atoms with Gasteiger partial charge in [-0.05, 0) is 66.5 Å². The van der Waals surface area contributed by atoms with Crippen molar-refractivity contribution in [2.24, 2.45) is 4.99 Å². The lowest BCUT2D eigenvalue weighted by Gasteiger charge is -2.30. The molecular formula is C19H41N5. The van der Waals surface area contributed by atoms with Crippen LogP contribution in [-0.4, -0.2) is 73.7 Å². The van der Waals surface area contributed by atoms with Crippen molar-refractivity contribution in [1.82, 2.24) is 20.4 Å². The van der Waals surface area contributed by atoms with Crippen LogP contribution in [0, 0.1) is 0 Å². The second-order valence-electron chi connectivity index (χ2n) is 7.46. The van der Waals surface area contributed by atoms with Crippen molar-refractivity contribution in [3.63, 3.8) is 0 Å². The number of nitrogens with zero attached hydrogens (tertiary/aromatic N) is 3. The van der Waals surface area contributed by atoms with Gasteiger partial charge in [0.25, 0.3) is 0 Å². The van der Waals surface area contributed by atoms with E-state index in [0.29, 0.717) is 18.1 Å². The summed E-state index contributed by atoms with van der Waals surface area (Å²) >= 11 is 0. The first kappa shape index (κ1) is 21.2. The summed E-state index contributed by atoms with van der Waals surface area (Å²) in [5.74, 6) is 0.938. The maximum atomic E-state index is 4.37. The molecule has 0 aromatic carbocycles. The Kier molecular flexibility index (Phi) is 10.3. The molecule has 1 unspecified atom stereocenters. The van der Waals surface area contributed by atoms with Crippen LogP contribution in [-0.2, 0) is 0 Å². The molecule has 0 aromatic heterocycles. The van der Waals surface area contributed by atoms with Crippen molar-refractivity contribution in [3.05, 3.63) is 0 Å². The maximum absolute atomic E-state index is 4.37. The smallest absolute Gasteiger partial charge is 0.191 e. The van der Waals surface area contributed by atoms with Gasteiger partial charge in [-0.3, -0.25) is 14.8 Å². The fourth-order valence-electron chi connectivity index (χ4n) is 3.65. The molecule has 0 radical (unpaired) electrons. The Morgan fingerprint density at radius 1 is 1.08 bits per heavy atom. The Morgan fingerprint density at radius 2 is 1.71 bits per heavy atom. The van der Waals surface area contributed by atoms with Crippen molar-refractivity contribution in [1.29, 1.82) is 0 Å². The number of likely N-dealkylation sites (tertiary alicyclic amines) is 1. The minimum absolute atomic E-state index is 0.605. The molecule has 2 N–H and O–H groups in total. The highest BCUT2D eigenvalue weighted by Crippen LogP contribution is 2.13. The van der Waals surface area contributed by atoms with Gasteiger partial charge in [0.15, 0.2) is 5.96 Å². The average Bonchev–Trinajstić information content (AvgIpc) is 3.06. The van der Waals surface area contributed by atoms with Crippen LogP contribution in [0.4, 0.5) is 0 Å². The van der Waals surface area contributed by atoms with Crippen molar-refractivity contribution < 1.29 is 0 Å². The quantitative estimate of drug-likeness (QED) is 0.365. The van der Waals surface area contributed by atoms with Gasteiger partial charge in [-0.2, -0.15) is 0 Å².